The number of benzene rings is 2. The van der Waals surface area contributed by atoms with Crippen LogP contribution in [-0.4, -0.2) is 18.7 Å². The van der Waals surface area contributed by atoms with Crippen molar-refractivity contribution in [2.75, 3.05) is 13.7 Å². The summed E-state index contributed by atoms with van der Waals surface area (Å²) in [5.74, 6) is 2.27. The Hall–Kier alpha value is -2.33. The second kappa shape index (κ2) is 6.68. The molecule has 1 aliphatic rings. The normalized spacial score (nSPS) is 16.2. The van der Waals surface area contributed by atoms with E-state index in [1.165, 1.54) is 10.3 Å². The summed E-state index contributed by atoms with van der Waals surface area (Å²) in [4.78, 5) is 4.78. The summed E-state index contributed by atoms with van der Waals surface area (Å²) in [5, 5.41) is 0.977. The van der Waals surface area contributed by atoms with Crippen molar-refractivity contribution < 1.29 is 9.47 Å². The van der Waals surface area contributed by atoms with Gasteiger partial charge in [0.25, 0.3) is 0 Å². The van der Waals surface area contributed by atoms with Crippen molar-refractivity contribution in [3.8, 4) is 16.3 Å². The van der Waals surface area contributed by atoms with Crippen LogP contribution in [0.4, 0.5) is 0 Å². The van der Waals surface area contributed by atoms with E-state index in [0.29, 0.717) is 5.92 Å². The van der Waals surface area contributed by atoms with Crippen LogP contribution in [0.5, 0.6) is 5.75 Å². The third-order valence-corrected chi connectivity index (χ3v) is 6.19. The Morgan fingerprint density at radius 3 is 2.63 bits per heavy atom. The van der Waals surface area contributed by atoms with Gasteiger partial charge in [0.2, 0.25) is 0 Å². The molecule has 0 saturated carbocycles. The van der Waals surface area contributed by atoms with Gasteiger partial charge in [0.15, 0.2) is 0 Å². The van der Waals surface area contributed by atoms with Gasteiger partial charge in [-0.05, 0) is 35.8 Å². The van der Waals surface area contributed by atoms with Crippen LogP contribution in [0, 0.1) is 11.3 Å². The van der Waals surface area contributed by atoms with E-state index in [-0.39, 0.29) is 5.41 Å². The molecule has 2 aromatic carbocycles. The molecule has 0 amide bonds. The zero-order valence-electron chi connectivity index (χ0n) is 16.5. The minimum Gasteiger partial charge on any atom is -0.496 e. The quantitative estimate of drug-likeness (QED) is 0.526. The summed E-state index contributed by atoms with van der Waals surface area (Å²) in [6.07, 6.45) is 0. The molecule has 0 spiro atoms. The summed E-state index contributed by atoms with van der Waals surface area (Å²) < 4.78 is 13.0. The lowest BCUT2D eigenvalue weighted by atomic mass is 9.79. The molecule has 0 fully saturated rings. The van der Waals surface area contributed by atoms with Gasteiger partial charge >= 0.3 is 0 Å². The molecule has 4 heteroatoms. The van der Waals surface area contributed by atoms with Gasteiger partial charge in [0.05, 0.1) is 29.5 Å². The minimum absolute atomic E-state index is 0.0580. The van der Waals surface area contributed by atoms with E-state index in [0.717, 1.165) is 39.8 Å². The highest BCUT2D eigenvalue weighted by Crippen LogP contribution is 2.46. The average Bonchev–Trinajstić information content (AvgIpc) is 3.21. The summed E-state index contributed by atoms with van der Waals surface area (Å²) in [7, 11) is 1.72. The first-order valence-corrected chi connectivity index (χ1v) is 10.1. The molecule has 27 heavy (non-hydrogen) atoms. The van der Waals surface area contributed by atoms with E-state index in [9.17, 15) is 0 Å². The predicted octanol–water partition coefficient (Wildman–Crippen LogP) is 6.40. The SMILES string of the molecule is COc1cc(C2=C(C(C)C)C(C)(C)CO2)ccc1-c1nc2ccccc2s1. The average molecular weight is 380 g/mol. The molecule has 1 aliphatic heterocycles. The summed E-state index contributed by atoms with van der Waals surface area (Å²) in [5.41, 5.74) is 4.55. The maximum atomic E-state index is 6.13. The Bertz CT molecular complexity index is 997. The topological polar surface area (TPSA) is 31.4 Å². The van der Waals surface area contributed by atoms with Crippen molar-refractivity contribution in [1.29, 1.82) is 0 Å². The number of fused-ring (bicyclic) bond motifs is 1. The molecular formula is C23H25NO2S. The summed E-state index contributed by atoms with van der Waals surface area (Å²) in [6.45, 7) is 9.69. The lowest BCUT2D eigenvalue weighted by Crippen LogP contribution is -2.18. The molecule has 0 aliphatic carbocycles. The van der Waals surface area contributed by atoms with Crippen LogP contribution in [-0.2, 0) is 4.74 Å². The number of methoxy groups -OCH3 is 1. The van der Waals surface area contributed by atoms with Crippen LogP contribution < -0.4 is 4.74 Å². The number of aromatic nitrogens is 1. The van der Waals surface area contributed by atoms with E-state index in [4.69, 9.17) is 14.5 Å². The summed E-state index contributed by atoms with van der Waals surface area (Å²) >= 11 is 1.69. The lowest BCUT2D eigenvalue weighted by molar-refractivity contribution is 0.219. The number of nitrogens with zero attached hydrogens (tertiary/aromatic N) is 1. The number of ether oxygens (including phenoxy) is 2. The van der Waals surface area contributed by atoms with Crippen LogP contribution in [0.2, 0.25) is 0 Å². The first-order valence-electron chi connectivity index (χ1n) is 9.32. The van der Waals surface area contributed by atoms with Crippen LogP contribution in [0.3, 0.4) is 0 Å². The van der Waals surface area contributed by atoms with E-state index in [2.05, 4.69) is 52.0 Å². The molecule has 2 heterocycles. The van der Waals surface area contributed by atoms with Crippen molar-refractivity contribution in [1.82, 2.24) is 4.98 Å². The monoisotopic (exact) mass is 379 g/mol. The maximum absolute atomic E-state index is 6.13. The lowest BCUT2D eigenvalue weighted by Gasteiger charge is -2.22. The highest BCUT2D eigenvalue weighted by molar-refractivity contribution is 7.21. The molecule has 0 atom stereocenters. The van der Waals surface area contributed by atoms with Gasteiger partial charge in [0.1, 0.15) is 16.5 Å². The first kappa shape index (κ1) is 18.1. The van der Waals surface area contributed by atoms with Gasteiger partial charge in [-0.2, -0.15) is 0 Å². The fraction of sp³-hybridized carbons (Fsp3) is 0.348. The predicted molar refractivity (Wildman–Crippen MR) is 113 cm³/mol. The molecule has 3 nitrogen and oxygen atoms in total. The first-order chi connectivity index (χ1) is 12.9. The molecule has 0 N–H and O–H groups in total. The Morgan fingerprint density at radius 1 is 1.15 bits per heavy atom. The second-order valence-corrected chi connectivity index (χ2v) is 9.00. The van der Waals surface area contributed by atoms with Crippen molar-refractivity contribution in [3.63, 3.8) is 0 Å². The van der Waals surface area contributed by atoms with E-state index >= 15 is 0 Å². The molecule has 1 aromatic heterocycles. The largest absolute Gasteiger partial charge is 0.496 e. The Balaban J connectivity index is 1.81. The zero-order chi connectivity index (χ0) is 19.2. The molecule has 0 saturated heterocycles. The molecule has 140 valence electrons. The molecule has 3 aromatic rings. The number of rotatable bonds is 4. The van der Waals surface area contributed by atoms with Gasteiger partial charge in [-0.15, -0.1) is 11.3 Å². The zero-order valence-corrected chi connectivity index (χ0v) is 17.3. The van der Waals surface area contributed by atoms with Crippen molar-refractivity contribution in [2.24, 2.45) is 11.3 Å². The number of hydrogen-bond acceptors (Lipinski definition) is 4. The fourth-order valence-corrected chi connectivity index (χ4v) is 4.99. The highest BCUT2D eigenvalue weighted by Gasteiger charge is 2.36. The van der Waals surface area contributed by atoms with E-state index in [1.54, 1.807) is 18.4 Å². The molecule has 0 unspecified atom stereocenters. The second-order valence-electron chi connectivity index (χ2n) is 7.97. The van der Waals surface area contributed by atoms with Crippen LogP contribution in [0.1, 0.15) is 33.3 Å². The number of para-hydroxylation sites is 1. The van der Waals surface area contributed by atoms with Crippen LogP contribution in [0.25, 0.3) is 26.5 Å². The maximum Gasteiger partial charge on any atom is 0.129 e. The van der Waals surface area contributed by atoms with Crippen LogP contribution in [0.15, 0.2) is 48.0 Å². The third kappa shape index (κ3) is 3.12. The Morgan fingerprint density at radius 2 is 1.93 bits per heavy atom. The van der Waals surface area contributed by atoms with Gasteiger partial charge in [0, 0.05) is 11.0 Å². The highest BCUT2D eigenvalue weighted by atomic mass is 32.1. The Labute approximate surface area is 164 Å². The molecular weight excluding hydrogens is 354 g/mol. The molecule has 0 radical (unpaired) electrons. The van der Waals surface area contributed by atoms with Crippen molar-refractivity contribution >= 4 is 27.3 Å². The van der Waals surface area contributed by atoms with Crippen molar-refractivity contribution in [2.45, 2.75) is 27.7 Å². The van der Waals surface area contributed by atoms with Gasteiger partial charge < -0.3 is 9.47 Å². The fourth-order valence-electron chi connectivity index (χ4n) is 3.99. The van der Waals surface area contributed by atoms with Gasteiger partial charge in [-0.25, -0.2) is 4.98 Å². The molecule has 0 bridgehead atoms. The van der Waals surface area contributed by atoms with Crippen molar-refractivity contribution in [3.05, 3.63) is 53.6 Å². The van der Waals surface area contributed by atoms with Gasteiger partial charge in [-0.1, -0.05) is 45.9 Å². The van der Waals surface area contributed by atoms with E-state index in [1.807, 2.05) is 18.2 Å². The van der Waals surface area contributed by atoms with E-state index < -0.39 is 0 Å². The summed E-state index contributed by atoms with van der Waals surface area (Å²) in [6, 6.07) is 14.5. The number of hydrogen-bond donors (Lipinski definition) is 0. The molecule has 4 rings (SSSR count). The third-order valence-electron chi connectivity index (χ3n) is 5.12. The van der Waals surface area contributed by atoms with Gasteiger partial charge in [-0.3, -0.25) is 0 Å². The Kier molecular flexibility index (Phi) is 4.47. The van der Waals surface area contributed by atoms with Crippen LogP contribution >= 0.6 is 11.3 Å². The standard InChI is InChI=1S/C23H25NO2S/c1-14(2)20-21(26-13-23(20,3)4)15-10-11-16(18(12-15)25-5)22-24-17-8-6-7-9-19(17)27-22/h6-12,14H,13H2,1-5H3. The minimum atomic E-state index is 0.0580. The number of thiazole rings is 1. The smallest absolute Gasteiger partial charge is 0.129 e.